The summed E-state index contributed by atoms with van der Waals surface area (Å²) in [5.41, 5.74) is 0.648. The lowest BCUT2D eigenvalue weighted by Crippen LogP contribution is -2.26. The number of nitrogens with zero attached hydrogens (tertiary/aromatic N) is 2. The number of esters is 1. The van der Waals surface area contributed by atoms with E-state index >= 15 is 0 Å². The van der Waals surface area contributed by atoms with Crippen LogP contribution >= 0.6 is 0 Å². The maximum absolute atomic E-state index is 12.8. The van der Waals surface area contributed by atoms with Gasteiger partial charge in [0.1, 0.15) is 42.4 Å². The van der Waals surface area contributed by atoms with Crippen LogP contribution in [0.25, 0.3) is 22.1 Å². The number of benzene rings is 2. The minimum atomic E-state index is -0.609. The van der Waals surface area contributed by atoms with E-state index in [9.17, 15) is 14.0 Å². The first-order valence-corrected chi connectivity index (χ1v) is 8.52. The zero-order valence-corrected chi connectivity index (χ0v) is 14.6. The fraction of sp³-hybridized carbons (Fsp3) is 0.150. The van der Waals surface area contributed by atoms with Gasteiger partial charge in [-0.2, -0.15) is 0 Å². The van der Waals surface area contributed by atoms with E-state index in [1.54, 1.807) is 12.1 Å². The number of furan rings is 1. The zero-order valence-electron chi connectivity index (χ0n) is 14.6. The smallest absolute Gasteiger partial charge is 0.326 e. The molecule has 2 aromatic carbocycles. The van der Waals surface area contributed by atoms with Crippen LogP contribution in [0.2, 0.25) is 0 Å². The van der Waals surface area contributed by atoms with E-state index in [1.807, 2.05) is 12.1 Å². The Hall–Kier alpha value is -3.68. The molecule has 0 radical (unpaired) electrons. The van der Waals surface area contributed by atoms with Crippen LogP contribution in [0.5, 0.6) is 5.75 Å². The molecule has 0 aliphatic heterocycles. The molecule has 2 aromatic heterocycles. The summed E-state index contributed by atoms with van der Waals surface area (Å²) < 4.78 is 29.9. The number of para-hydroxylation sites is 1. The van der Waals surface area contributed by atoms with Crippen molar-refractivity contribution in [3.05, 3.63) is 71.0 Å². The van der Waals surface area contributed by atoms with Gasteiger partial charge in [0.15, 0.2) is 0 Å². The highest BCUT2D eigenvalue weighted by atomic mass is 19.1. The lowest BCUT2D eigenvalue weighted by Gasteiger charge is -2.08. The summed E-state index contributed by atoms with van der Waals surface area (Å²) >= 11 is 0. The third-order valence-electron chi connectivity index (χ3n) is 4.08. The van der Waals surface area contributed by atoms with Crippen molar-refractivity contribution >= 4 is 28.0 Å². The first-order valence-electron chi connectivity index (χ1n) is 8.52. The van der Waals surface area contributed by atoms with E-state index in [1.165, 1.54) is 30.6 Å². The Labute approximate surface area is 157 Å². The quantitative estimate of drug-likeness (QED) is 0.377. The molecule has 0 aliphatic rings. The summed E-state index contributed by atoms with van der Waals surface area (Å²) in [5, 5.41) is 0.738. The molecule has 8 heteroatoms. The third-order valence-corrected chi connectivity index (χ3v) is 4.08. The van der Waals surface area contributed by atoms with Gasteiger partial charge in [-0.05, 0) is 36.4 Å². The van der Waals surface area contributed by atoms with Crippen molar-refractivity contribution in [3.8, 4) is 5.75 Å². The molecule has 2 heterocycles. The van der Waals surface area contributed by atoms with Gasteiger partial charge < -0.3 is 13.9 Å². The monoisotopic (exact) mass is 382 g/mol. The molecule has 0 unspecified atom stereocenters. The van der Waals surface area contributed by atoms with Gasteiger partial charge in [0.25, 0.3) is 5.56 Å². The van der Waals surface area contributed by atoms with Gasteiger partial charge in [0.2, 0.25) is 5.58 Å². The SMILES string of the molecule is O=C(Cn1cnc2c(oc3ccccc32)c1=O)OCCOc1ccc(F)cc1. The summed E-state index contributed by atoms with van der Waals surface area (Å²) in [7, 11) is 0. The second-order valence-electron chi connectivity index (χ2n) is 5.98. The molecule has 0 fully saturated rings. The number of rotatable bonds is 6. The van der Waals surface area contributed by atoms with Gasteiger partial charge in [0.05, 0.1) is 6.33 Å². The lowest BCUT2D eigenvalue weighted by molar-refractivity contribution is -0.145. The first-order chi connectivity index (χ1) is 13.6. The summed E-state index contributed by atoms with van der Waals surface area (Å²) in [4.78, 5) is 28.8. The van der Waals surface area contributed by atoms with Crippen molar-refractivity contribution in [2.24, 2.45) is 0 Å². The summed E-state index contributed by atoms with van der Waals surface area (Å²) in [6.07, 6.45) is 1.29. The second kappa shape index (κ2) is 7.51. The van der Waals surface area contributed by atoms with E-state index in [4.69, 9.17) is 13.9 Å². The van der Waals surface area contributed by atoms with Gasteiger partial charge in [-0.3, -0.25) is 14.2 Å². The normalized spacial score (nSPS) is 11.0. The van der Waals surface area contributed by atoms with Crippen LogP contribution in [0.15, 0.2) is 64.1 Å². The molecule has 0 aliphatic carbocycles. The van der Waals surface area contributed by atoms with Crippen LogP contribution < -0.4 is 10.3 Å². The van der Waals surface area contributed by atoms with Crippen molar-refractivity contribution in [1.29, 1.82) is 0 Å². The molecule has 0 saturated carbocycles. The fourth-order valence-electron chi connectivity index (χ4n) is 2.76. The first kappa shape index (κ1) is 17.7. The Morgan fingerprint density at radius 2 is 1.89 bits per heavy atom. The molecule has 142 valence electrons. The Bertz CT molecular complexity index is 1200. The van der Waals surface area contributed by atoms with E-state index in [0.717, 1.165) is 9.95 Å². The average molecular weight is 382 g/mol. The number of hydrogen-bond donors (Lipinski definition) is 0. The third kappa shape index (κ3) is 3.57. The predicted octanol–water partition coefficient (Wildman–Crippen LogP) is 2.90. The molecular formula is C20H15FN2O5. The van der Waals surface area contributed by atoms with Crippen molar-refractivity contribution < 1.29 is 23.1 Å². The number of aromatic nitrogens is 2. The van der Waals surface area contributed by atoms with Crippen LogP contribution in [-0.2, 0) is 16.1 Å². The van der Waals surface area contributed by atoms with Crippen molar-refractivity contribution in [1.82, 2.24) is 9.55 Å². The van der Waals surface area contributed by atoms with Crippen LogP contribution in [0.1, 0.15) is 0 Å². The molecule has 0 saturated heterocycles. The maximum atomic E-state index is 12.8. The molecule has 0 spiro atoms. The maximum Gasteiger partial charge on any atom is 0.326 e. The van der Waals surface area contributed by atoms with E-state index in [2.05, 4.69) is 4.98 Å². The number of carbonyl (C=O) groups excluding carboxylic acids is 1. The highest BCUT2D eigenvalue weighted by molar-refractivity contribution is 6.01. The molecule has 4 rings (SSSR count). The lowest BCUT2D eigenvalue weighted by atomic mass is 10.2. The van der Waals surface area contributed by atoms with Gasteiger partial charge in [-0.15, -0.1) is 0 Å². The van der Waals surface area contributed by atoms with E-state index in [0.29, 0.717) is 16.8 Å². The topological polar surface area (TPSA) is 83.6 Å². The molecule has 0 N–H and O–H groups in total. The van der Waals surface area contributed by atoms with Crippen LogP contribution in [0.4, 0.5) is 4.39 Å². The van der Waals surface area contributed by atoms with Gasteiger partial charge in [-0.1, -0.05) is 12.1 Å². The number of carbonyl (C=O) groups is 1. The Kier molecular flexibility index (Phi) is 4.76. The Balaban J connectivity index is 1.38. The largest absolute Gasteiger partial charge is 0.490 e. The van der Waals surface area contributed by atoms with Crippen LogP contribution in [0.3, 0.4) is 0 Å². The molecule has 7 nitrogen and oxygen atoms in total. The number of hydrogen-bond acceptors (Lipinski definition) is 6. The molecular weight excluding hydrogens is 367 g/mol. The molecule has 0 amide bonds. The number of fused-ring (bicyclic) bond motifs is 3. The van der Waals surface area contributed by atoms with Crippen molar-refractivity contribution in [2.45, 2.75) is 6.54 Å². The van der Waals surface area contributed by atoms with Crippen LogP contribution in [-0.4, -0.2) is 28.7 Å². The summed E-state index contributed by atoms with van der Waals surface area (Å²) in [6.45, 7) is -0.201. The van der Waals surface area contributed by atoms with Crippen molar-refractivity contribution in [3.63, 3.8) is 0 Å². The average Bonchev–Trinajstić information content (AvgIpc) is 3.08. The highest BCUT2D eigenvalue weighted by Crippen LogP contribution is 2.23. The van der Waals surface area contributed by atoms with Gasteiger partial charge in [-0.25, -0.2) is 9.37 Å². The number of halogens is 1. The minimum absolute atomic E-state index is 0.00866. The highest BCUT2D eigenvalue weighted by Gasteiger charge is 2.15. The fourth-order valence-corrected chi connectivity index (χ4v) is 2.76. The van der Waals surface area contributed by atoms with E-state index in [-0.39, 0.29) is 31.2 Å². The van der Waals surface area contributed by atoms with Crippen molar-refractivity contribution in [2.75, 3.05) is 13.2 Å². The van der Waals surface area contributed by atoms with Gasteiger partial charge in [0, 0.05) is 5.39 Å². The second-order valence-corrected chi connectivity index (χ2v) is 5.98. The molecule has 28 heavy (non-hydrogen) atoms. The zero-order chi connectivity index (χ0) is 19.5. The standard InChI is InChI=1S/C20H15FN2O5/c21-13-5-7-14(8-6-13)26-9-10-27-17(24)11-23-12-22-18-15-3-1-2-4-16(15)28-19(18)20(23)25/h1-8,12H,9-11H2. The minimum Gasteiger partial charge on any atom is -0.490 e. The number of ether oxygens (including phenoxy) is 2. The van der Waals surface area contributed by atoms with Crippen LogP contribution in [0, 0.1) is 5.82 Å². The van der Waals surface area contributed by atoms with E-state index < -0.39 is 11.5 Å². The molecule has 0 bridgehead atoms. The Morgan fingerprint density at radius 1 is 1.11 bits per heavy atom. The summed E-state index contributed by atoms with van der Waals surface area (Å²) in [6, 6.07) is 12.7. The Morgan fingerprint density at radius 3 is 2.71 bits per heavy atom. The molecule has 4 aromatic rings. The molecule has 0 atom stereocenters. The van der Waals surface area contributed by atoms with Gasteiger partial charge >= 0.3 is 5.97 Å². The predicted molar refractivity (Wildman–Crippen MR) is 98.6 cm³/mol. The summed E-state index contributed by atoms with van der Waals surface area (Å²) in [5.74, 6) is -0.505.